The smallest absolute Gasteiger partial charge is 0.308 e. The summed E-state index contributed by atoms with van der Waals surface area (Å²) in [6, 6.07) is 17.9. The van der Waals surface area contributed by atoms with Gasteiger partial charge in [-0.25, -0.2) is 39.9 Å². The van der Waals surface area contributed by atoms with Crippen molar-refractivity contribution in [3.63, 3.8) is 0 Å². The van der Waals surface area contributed by atoms with Crippen molar-refractivity contribution < 1.29 is 76.2 Å². The van der Waals surface area contributed by atoms with Gasteiger partial charge in [0.25, 0.3) is 29.8 Å². The van der Waals surface area contributed by atoms with Gasteiger partial charge in [-0.2, -0.15) is 23.9 Å². The fourth-order valence-electron chi connectivity index (χ4n) is 10.6. The molecule has 18 N–H and O–H groups in total. The number of para-hydroxylation sites is 1. The van der Waals surface area contributed by atoms with E-state index in [0.29, 0.717) is 54.7 Å². The van der Waals surface area contributed by atoms with E-state index in [-0.39, 0.29) is 93.4 Å². The number of nitro groups is 2. The highest BCUT2D eigenvalue weighted by Gasteiger charge is 2.40. The van der Waals surface area contributed by atoms with Crippen LogP contribution in [0.15, 0.2) is 160 Å². The molecule has 738 valence electrons. The molecule has 0 bridgehead atoms. The largest absolute Gasteiger partial charge is 0.542 e. The van der Waals surface area contributed by atoms with E-state index in [0.717, 1.165) is 136 Å². The number of hydrogen-bond acceptors (Lipinski definition) is 34. The number of nitro benzene ring substituents is 2. The number of anilines is 6. The normalized spacial score (nSPS) is 16.5. The van der Waals surface area contributed by atoms with E-state index >= 15 is 0 Å². The molecule has 1 saturated heterocycles. The van der Waals surface area contributed by atoms with Crippen LogP contribution in [-0.2, 0) is 28.6 Å². The van der Waals surface area contributed by atoms with Crippen molar-refractivity contribution in [1.82, 2.24) is 49.8 Å². The van der Waals surface area contributed by atoms with Crippen LogP contribution in [0, 0.1) is 26.3 Å². The number of benzene rings is 5. The molecule has 3 aliphatic carbocycles. The number of aliphatic hydroxyl groups excluding tert-OH is 2. The number of phenols is 4. The monoisotopic (exact) mass is 2510 g/mol. The van der Waals surface area contributed by atoms with Gasteiger partial charge in [0.05, 0.1) is 70.2 Å². The standard InChI is InChI=1S/C14H19BrN2OSi.C11H16BrN3O3S.C10H14BrN3O.C8H5BrN2O.C6H5BrN2O3.C6H7BrN2O.C6H15ClSi.C6H6N2O3.C6H13NO.C5H10O.C4H2BrFN2.C2H2O2.Br2/c1-14(2,3)19(4,5)18-12-9-10(15)8-11-13(12)17-7-6-16-11;1-19(16,17)18-10-4-2-9(3-5-10)15-11-13-6-8(12)7-14-11;11-7-5-12-10(13-6-7)14-8-1-3-9(15)4-2-8;9-5-3-6-8(7(12)4-5)11-2-1-10-6;7-3-1-4(9(11)12)6(8)5(10)2-3;7-3-1-4(8)6(9)5(10)2-3;1-6(2,3)8(4,5)7;7-6-4(8(10)11)2-1-3-5(6)9;7-5-1-3-6(8)4-2-5;1-2-4-6-5-3-1;5-3-1-7-4(6)8-2-3;3-1-2-4;1-2/h6-9H,1-5H3;6-7,9-10H,2-5H2,1H3,(H,13,14,15);5-6,8-9,15H,1-4H2,(H,12,13,14);1-4,12H;1-2,10H,8H2;1-2,10H,8-9H2;1-5H3;1-3,9H,7H2;5-6,8H,1-4,7H2;1-5H2;1-2H;1-2H;. The van der Waals surface area contributed by atoms with Crippen molar-refractivity contribution in [2.45, 2.75) is 211 Å². The van der Waals surface area contributed by atoms with Crippen molar-refractivity contribution >= 4 is 257 Å². The Labute approximate surface area is 859 Å². The Bertz CT molecular complexity index is 5260. The van der Waals surface area contributed by atoms with E-state index in [4.69, 9.17) is 83.1 Å². The quantitative estimate of drug-likeness (QED) is 0.00546. The van der Waals surface area contributed by atoms with Crippen LogP contribution < -0.4 is 43.7 Å². The van der Waals surface area contributed by atoms with Crippen molar-refractivity contribution in [2.75, 3.05) is 53.0 Å². The van der Waals surface area contributed by atoms with E-state index in [1.807, 2.05) is 18.2 Å². The number of phenolic OH excluding ortho intramolecular Hbond substituents is 4. The van der Waals surface area contributed by atoms with Gasteiger partial charge in [0.1, 0.15) is 39.8 Å². The Balaban J connectivity index is 0.000000503. The van der Waals surface area contributed by atoms with Crippen LogP contribution >= 0.6 is 151 Å². The van der Waals surface area contributed by atoms with Crippen LogP contribution in [-0.4, -0.2) is 183 Å². The SMILES string of the molecule is BrBr.C1CCOCC1.CC(C)(C)[Si](C)(C)Cl.CC(C)(C)[Si](C)(C)Oc1cc(Br)cc2nccnc12.CS(=O)(=O)OC1CCC(Nc2ncc(Br)cn2)CC1.Fc1ncc(Br)cn1.NC1CCC(O)CC1.Nc1c(O)cc(Br)cc1[N+](=O)[O-].Nc1c(O)cccc1[N+](=O)[O-].Nc1cc(Br)cc(O)c1N.O=CC=O.OC1CCC(Nc2ncc(Br)cn2)CC1.Oc1cc(Br)cc2nccnc12. The maximum Gasteiger partial charge on any atom is 0.308 e. The van der Waals surface area contributed by atoms with E-state index in [9.17, 15) is 43.2 Å². The average Bonchev–Trinajstić information content (AvgIpc) is 0.780. The fourth-order valence-corrected chi connectivity index (χ4v) is 14.7. The van der Waals surface area contributed by atoms with Gasteiger partial charge in [-0.3, -0.25) is 44.0 Å². The van der Waals surface area contributed by atoms with Gasteiger partial charge in [-0.05, 0) is 216 Å². The molecule has 3 saturated carbocycles. The molecule has 0 atom stereocenters. The van der Waals surface area contributed by atoms with E-state index < -0.39 is 41.7 Å². The number of hydrogen-bond donors (Lipinski definition) is 13. The van der Waals surface area contributed by atoms with Crippen molar-refractivity contribution in [2.24, 2.45) is 5.73 Å². The highest BCUT2D eigenvalue weighted by atomic mass is 80.9. The predicted molar refractivity (Wildman–Crippen MR) is 561 cm³/mol. The van der Waals surface area contributed by atoms with Gasteiger partial charge in [-0.1, -0.05) is 124 Å². The van der Waals surface area contributed by atoms with Gasteiger partial charge in [0.2, 0.25) is 11.9 Å². The number of aldehydes is 2. The lowest BCUT2D eigenvalue weighted by Crippen LogP contribution is -2.43. The number of fused-ring (bicyclic) bond motifs is 2. The van der Waals surface area contributed by atoms with Crippen LogP contribution in [0.2, 0.25) is 36.3 Å². The molecular weight excluding hydrogens is 2410 g/mol. The van der Waals surface area contributed by atoms with Crippen LogP contribution in [0.3, 0.4) is 0 Å². The molecule has 4 fully saturated rings. The molecule has 50 heteroatoms. The third-order valence-corrected chi connectivity index (χ3v) is 33.0. The topological polar surface area (TPSA) is 587 Å². The zero-order valence-electron chi connectivity index (χ0n) is 75.3. The van der Waals surface area contributed by atoms with Gasteiger partial charge in [0.15, 0.2) is 31.3 Å². The second kappa shape index (κ2) is 62.6. The summed E-state index contributed by atoms with van der Waals surface area (Å²) >= 11 is 34.2. The predicted octanol–water partition coefficient (Wildman–Crippen LogP) is 21.7. The summed E-state index contributed by atoms with van der Waals surface area (Å²) in [5, 5.41) is 82.3. The van der Waals surface area contributed by atoms with Crippen molar-refractivity contribution in [3.05, 3.63) is 186 Å². The number of halogens is 11. The Morgan fingerprint density at radius 2 is 0.896 bits per heavy atom. The highest BCUT2D eigenvalue weighted by molar-refractivity contribution is 9.93. The van der Waals surface area contributed by atoms with Crippen molar-refractivity contribution in [1.29, 1.82) is 0 Å². The molecule has 4 aliphatic rings. The zero-order chi connectivity index (χ0) is 101. The molecule has 10 aromatic rings. The van der Waals surface area contributed by atoms with E-state index in [2.05, 4.69) is 268 Å². The number of nitrogens with two attached hydrogens (primary N) is 5. The minimum Gasteiger partial charge on any atom is -0.542 e. The number of nitrogens with zero attached hydrogens (tertiary/aromatic N) is 12. The Hall–Kier alpha value is -7.32. The first-order valence-electron chi connectivity index (χ1n) is 40.9. The third kappa shape index (κ3) is 49.8. The summed E-state index contributed by atoms with van der Waals surface area (Å²) in [7, 11) is -6.62. The number of carbonyl (C=O) groups is 2. The summed E-state index contributed by atoms with van der Waals surface area (Å²) in [6.07, 6.45) is 31.1. The molecule has 134 heavy (non-hydrogen) atoms. The Morgan fingerprint density at radius 1 is 0.515 bits per heavy atom. The van der Waals surface area contributed by atoms with E-state index in [1.165, 1.54) is 68.1 Å². The van der Waals surface area contributed by atoms with E-state index in [1.54, 1.807) is 61.7 Å². The van der Waals surface area contributed by atoms with Crippen LogP contribution in [0.4, 0.5) is 50.4 Å². The second-order valence-corrected chi connectivity index (χ2v) is 52.5. The summed E-state index contributed by atoms with van der Waals surface area (Å²) in [6.45, 7) is 24.1. The first-order chi connectivity index (χ1) is 62.6. The van der Waals surface area contributed by atoms with Crippen LogP contribution in [0.25, 0.3) is 22.1 Å². The van der Waals surface area contributed by atoms with Gasteiger partial charge >= 0.3 is 6.08 Å². The average molecular weight is 2520 g/mol. The molecule has 36 nitrogen and oxygen atoms in total. The number of aromatic hydroxyl groups is 4. The minimum atomic E-state index is -3.36. The van der Waals surface area contributed by atoms with Crippen molar-refractivity contribution in [3.8, 4) is 28.7 Å². The lowest BCUT2D eigenvalue weighted by Gasteiger charge is -2.36. The summed E-state index contributed by atoms with van der Waals surface area (Å²) in [5.74, 6) is 1.67. The molecule has 5 aromatic carbocycles. The molecule has 0 amide bonds. The number of ether oxygens (including phenoxy) is 1. The number of aliphatic hydroxyl groups is 2. The first-order valence-corrected chi connectivity index (χ1v) is 58.9. The summed E-state index contributed by atoms with van der Waals surface area (Å²) in [5.41, 5.74) is 29.3. The number of nitrogen functional groups attached to an aromatic ring is 4. The molecule has 6 heterocycles. The molecule has 14 rings (SSSR count). The molecule has 0 unspecified atom stereocenters. The summed E-state index contributed by atoms with van der Waals surface area (Å²) in [4.78, 5) is 76.7. The van der Waals surface area contributed by atoms with Crippen LogP contribution in [0.5, 0.6) is 28.7 Å². The zero-order valence-corrected chi connectivity index (χ0v) is 93.1. The maximum atomic E-state index is 11.8. The number of nitrogens with one attached hydrogen (secondary N) is 2. The lowest BCUT2D eigenvalue weighted by atomic mass is 9.93. The highest BCUT2D eigenvalue weighted by Crippen LogP contribution is 2.42. The number of rotatable bonds is 11. The number of carbonyl (C=O) groups excluding carboxylic acids is 2. The molecular formula is C84H114Br9ClFN19O17SSi2. The number of aromatic nitrogens is 10. The fraction of sp³-hybridized carbons (Fsp3) is 0.429. The Kier molecular flexibility index (Phi) is 57.3. The van der Waals surface area contributed by atoms with Gasteiger partial charge in [0, 0.05) is 152 Å². The van der Waals surface area contributed by atoms with Gasteiger partial charge in [-0.15, -0.1) is 0 Å². The minimum absolute atomic E-state index is 0.00637. The molecule has 1 aliphatic heterocycles. The molecule has 0 spiro atoms. The lowest BCUT2D eigenvalue weighted by molar-refractivity contribution is -0.384. The van der Waals surface area contributed by atoms with Gasteiger partial charge < -0.3 is 79.1 Å². The third-order valence-electron chi connectivity index (χ3n) is 19.7. The first kappa shape index (κ1) is 123. The van der Waals surface area contributed by atoms with Crippen LogP contribution in [0.1, 0.15) is 138 Å². The molecule has 5 aromatic heterocycles. The molecule has 0 radical (unpaired) electrons. The summed E-state index contributed by atoms with van der Waals surface area (Å²) < 4.78 is 55.7. The second-order valence-electron chi connectivity index (χ2n) is 32.5. The maximum absolute atomic E-state index is 11.8. The Morgan fingerprint density at radius 3 is 1.28 bits per heavy atom.